The summed E-state index contributed by atoms with van der Waals surface area (Å²) in [6.45, 7) is -0.314. The molecule has 4 N–H and O–H groups in total. The van der Waals surface area contributed by atoms with Gasteiger partial charge in [0, 0.05) is 11.5 Å². The first kappa shape index (κ1) is 10.8. The topological polar surface area (TPSA) is 147 Å². The first-order valence-corrected chi connectivity index (χ1v) is 3.06. The third kappa shape index (κ3) is 6.26. The molecule has 1 unspecified atom stereocenters. The third-order valence-corrected chi connectivity index (χ3v) is 0.928. The van der Waals surface area contributed by atoms with Crippen molar-refractivity contribution in [2.24, 2.45) is 5.11 Å². The lowest BCUT2D eigenvalue weighted by atomic mass is 10.5. The van der Waals surface area contributed by atoms with Gasteiger partial charge < -0.3 is 20.8 Å². The van der Waals surface area contributed by atoms with Crippen LogP contribution in [-0.4, -0.2) is 35.1 Å². The molecule has 0 aliphatic heterocycles. The van der Waals surface area contributed by atoms with E-state index < -0.39 is 18.4 Å². The molecule has 2 amide bonds. The lowest BCUT2D eigenvalue weighted by Crippen LogP contribution is -2.41. The van der Waals surface area contributed by atoms with Crippen LogP contribution in [0.4, 0.5) is 9.59 Å². The van der Waals surface area contributed by atoms with E-state index in [-0.39, 0.29) is 6.54 Å². The van der Waals surface area contributed by atoms with Crippen LogP contribution in [0, 0.1) is 0 Å². The minimum Gasteiger partial charge on any atom is -0.465 e. The molecule has 0 aromatic heterocycles. The molecule has 9 nitrogen and oxygen atoms in total. The van der Waals surface area contributed by atoms with Crippen molar-refractivity contribution in [1.82, 2.24) is 10.6 Å². The average molecular weight is 189 g/mol. The highest BCUT2D eigenvalue weighted by Gasteiger charge is 2.09. The van der Waals surface area contributed by atoms with Crippen LogP contribution in [0.25, 0.3) is 10.4 Å². The Kier molecular flexibility index (Phi) is 4.59. The molecule has 0 aliphatic carbocycles. The molecule has 0 heterocycles. The Morgan fingerprint density at radius 3 is 2.46 bits per heavy atom. The standard InChI is InChI=1S/C4H7N5O4/c5-9-8-2(7-4(12)13)1-6-3(10)11/h2,6-7H,1H2,(H,10,11)(H,12,13). The van der Waals surface area contributed by atoms with Gasteiger partial charge in [0.2, 0.25) is 0 Å². The van der Waals surface area contributed by atoms with Gasteiger partial charge in [0.1, 0.15) is 6.17 Å². The van der Waals surface area contributed by atoms with E-state index in [2.05, 4.69) is 10.0 Å². The van der Waals surface area contributed by atoms with Crippen LogP contribution >= 0.6 is 0 Å². The smallest absolute Gasteiger partial charge is 0.405 e. The molecule has 9 heteroatoms. The molecule has 0 aromatic carbocycles. The molecule has 72 valence electrons. The van der Waals surface area contributed by atoms with Gasteiger partial charge in [0.05, 0.1) is 0 Å². The molecule has 13 heavy (non-hydrogen) atoms. The van der Waals surface area contributed by atoms with Crippen LogP contribution in [0.15, 0.2) is 5.11 Å². The number of rotatable bonds is 4. The number of carboxylic acid groups (broad SMARTS) is 2. The van der Waals surface area contributed by atoms with Crippen LogP contribution in [0.1, 0.15) is 0 Å². The maximum absolute atomic E-state index is 10.1. The monoisotopic (exact) mass is 189 g/mol. The summed E-state index contributed by atoms with van der Waals surface area (Å²) < 4.78 is 0. The minimum atomic E-state index is -1.40. The first-order valence-electron chi connectivity index (χ1n) is 3.06. The van der Waals surface area contributed by atoms with Crippen LogP contribution in [0.2, 0.25) is 0 Å². The van der Waals surface area contributed by atoms with Crippen molar-refractivity contribution < 1.29 is 19.8 Å². The largest absolute Gasteiger partial charge is 0.465 e. The van der Waals surface area contributed by atoms with Gasteiger partial charge in [-0.15, -0.1) is 0 Å². The summed E-state index contributed by atoms with van der Waals surface area (Å²) in [5, 5.41) is 23.0. The predicted molar refractivity (Wildman–Crippen MR) is 40.1 cm³/mol. The maximum atomic E-state index is 10.1. The van der Waals surface area contributed by atoms with Gasteiger partial charge in [0.25, 0.3) is 0 Å². The minimum absolute atomic E-state index is 0.314. The second-order valence-corrected chi connectivity index (χ2v) is 1.86. The Hall–Kier alpha value is -2.15. The Morgan fingerprint density at radius 2 is 2.08 bits per heavy atom. The van der Waals surface area contributed by atoms with Crippen molar-refractivity contribution in [3.8, 4) is 0 Å². The summed E-state index contributed by atoms with van der Waals surface area (Å²) in [6, 6.07) is 0. The lowest BCUT2D eigenvalue weighted by Gasteiger charge is -2.09. The van der Waals surface area contributed by atoms with Crippen LogP contribution in [-0.2, 0) is 0 Å². The van der Waals surface area contributed by atoms with Crippen molar-refractivity contribution >= 4 is 12.2 Å². The summed E-state index contributed by atoms with van der Waals surface area (Å²) in [5.74, 6) is 0. The first-order chi connectivity index (χ1) is 6.06. The fourth-order valence-electron chi connectivity index (χ4n) is 0.510. The number of nitrogens with one attached hydrogen (secondary N) is 2. The summed E-state index contributed by atoms with van der Waals surface area (Å²) in [7, 11) is 0. The van der Waals surface area contributed by atoms with Gasteiger partial charge in [-0.05, 0) is 5.53 Å². The highest BCUT2D eigenvalue weighted by molar-refractivity contribution is 5.66. The number of amides is 2. The number of carbonyl (C=O) groups is 2. The molecule has 0 saturated heterocycles. The molecular weight excluding hydrogens is 182 g/mol. The average Bonchev–Trinajstić information content (AvgIpc) is 1.99. The SMILES string of the molecule is [N-]=[N+]=NC(CNC(=O)O)NC(=O)O. The predicted octanol–water partition coefficient (Wildman–Crippen LogP) is 0.158. The van der Waals surface area contributed by atoms with Gasteiger partial charge in [0.15, 0.2) is 0 Å². The van der Waals surface area contributed by atoms with E-state index in [0.717, 1.165) is 0 Å². The number of nitrogens with zero attached hydrogens (tertiary/aromatic N) is 3. The fraction of sp³-hybridized carbons (Fsp3) is 0.500. The second kappa shape index (κ2) is 5.49. The van der Waals surface area contributed by atoms with E-state index in [1.165, 1.54) is 0 Å². The Labute approximate surface area is 72.0 Å². The van der Waals surface area contributed by atoms with Crippen LogP contribution in [0.5, 0.6) is 0 Å². The summed E-state index contributed by atoms with van der Waals surface area (Å²) >= 11 is 0. The molecule has 0 saturated carbocycles. The van der Waals surface area contributed by atoms with Crippen LogP contribution < -0.4 is 10.6 Å². The summed E-state index contributed by atoms with van der Waals surface area (Å²) in [4.78, 5) is 22.4. The summed E-state index contributed by atoms with van der Waals surface area (Å²) in [6.07, 6.45) is -3.87. The number of hydrogen-bond donors (Lipinski definition) is 4. The van der Waals surface area contributed by atoms with Gasteiger partial charge >= 0.3 is 12.2 Å². The molecular formula is C4H7N5O4. The lowest BCUT2D eigenvalue weighted by molar-refractivity contribution is 0.184. The van der Waals surface area contributed by atoms with Gasteiger partial charge in [-0.25, -0.2) is 9.59 Å². The zero-order valence-corrected chi connectivity index (χ0v) is 6.34. The van der Waals surface area contributed by atoms with E-state index in [0.29, 0.717) is 0 Å². The summed E-state index contributed by atoms with van der Waals surface area (Å²) in [5.41, 5.74) is 7.96. The zero-order chi connectivity index (χ0) is 10.3. The Bertz CT molecular complexity index is 247. The quantitative estimate of drug-likeness (QED) is 0.283. The van der Waals surface area contributed by atoms with Crippen molar-refractivity contribution in [3.05, 3.63) is 10.4 Å². The second-order valence-electron chi connectivity index (χ2n) is 1.86. The fourth-order valence-corrected chi connectivity index (χ4v) is 0.510. The van der Waals surface area contributed by atoms with E-state index >= 15 is 0 Å². The van der Waals surface area contributed by atoms with E-state index in [4.69, 9.17) is 15.7 Å². The molecule has 1 atom stereocenters. The normalized spacial score (nSPS) is 10.8. The Morgan fingerprint density at radius 1 is 1.46 bits per heavy atom. The van der Waals surface area contributed by atoms with Gasteiger partial charge in [-0.1, -0.05) is 5.11 Å². The van der Waals surface area contributed by atoms with Crippen LogP contribution in [0.3, 0.4) is 0 Å². The molecule has 0 rings (SSSR count). The van der Waals surface area contributed by atoms with Crippen molar-refractivity contribution in [1.29, 1.82) is 0 Å². The van der Waals surface area contributed by atoms with E-state index in [1.807, 2.05) is 5.32 Å². The van der Waals surface area contributed by atoms with E-state index in [1.54, 1.807) is 5.32 Å². The highest BCUT2D eigenvalue weighted by Crippen LogP contribution is 1.85. The Balaban J connectivity index is 4.01. The van der Waals surface area contributed by atoms with Gasteiger partial charge in [-0.2, -0.15) is 0 Å². The molecule has 0 aliphatic rings. The van der Waals surface area contributed by atoms with E-state index in [9.17, 15) is 9.59 Å². The molecule has 0 spiro atoms. The molecule has 0 fully saturated rings. The third-order valence-electron chi connectivity index (χ3n) is 0.928. The molecule has 0 aromatic rings. The maximum Gasteiger partial charge on any atom is 0.405 e. The number of hydrogen-bond acceptors (Lipinski definition) is 3. The molecule has 0 radical (unpaired) electrons. The number of azide groups is 1. The zero-order valence-electron chi connectivity index (χ0n) is 6.34. The molecule has 0 bridgehead atoms. The highest BCUT2D eigenvalue weighted by atomic mass is 16.4. The van der Waals surface area contributed by atoms with Gasteiger partial charge in [-0.3, -0.25) is 0 Å². The van der Waals surface area contributed by atoms with Crippen molar-refractivity contribution in [2.45, 2.75) is 6.17 Å². The van der Waals surface area contributed by atoms with Crippen molar-refractivity contribution in [2.75, 3.05) is 6.54 Å². The van der Waals surface area contributed by atoms with Crippen molar-refractivity contribution in [3.63, 3.8) is 0 Å².